The summed E-state index contributed by atoms with van der Waals surface area (Å²) in [4.78, 5) is 0. The van der Waals surface area contributed by atoms with E-state index < -0.39 is 0 Å². The molecule has 30 heavy (non-hydrogen) atoms. The Kier molecular flexibility index (Phi) is 8.76. The zero-order valence-electron chi connectivity index (χ0n) is 18.5. The number of rotatable bonds is 6. The first-order chi connectivity index (χ1) is 14.6. The van der Waals surface area contributed by atoms with Crippen molar-refractivity contribution in [1.82, 2.24) is 0 Å². The quantitative estimate of drug-likeness (QED) is 0.358. The molecule has 156 valence electrons. The molecule has 3 aromatic carbocycles. The predicted molar refractivity (Wildman–Crippen MR) is 131 cm³/mol. The molecule has 0 aromatic heterocycles. The lowest BCUT2D eigenvalue weighted by Crippen LogP contribution is -1.93. The largest absolute Gasteiger partial charge is 0.496 e. The molecule has 0 atom stereocenters. The topological polar surface area (TPSA) is 44.5 Å². The molecule has 0 aliphatic carbocycles. The number of hydrogen-bond acceptors (Lipinski definition) is 3. The van der Waals surface area contributed by atoms with Crippen molar-refractivity contribution >= 4 is 30.0 Å². The molecule has 3 rings (SSSR count). The third-order valence-corrected chi connectivity index (χ3v) is 4.51. The lowest BCUT2D eigenvalue weighted by molar-refractivity contribution is 0.401. The van der Waals surface area contributed by atoms with Gasteiger partial charge >= 0.3 is 0 Å². The summed E-state index contributed by atoms with van der Waals surface area (Å²) in [6, 6.07) is 20.1. The highest BCUT2D eigenvalue weighted by Gasteiger charge is 2.08. The smallest absolute Gasteiger partial charge is 0.126 e. The first-order valence-corrected chi connectivity index (χ1v) is 10.1. The van der Waals surface area contributed by atoms with Gasteiger partial charge in [0.1, 0.15) is 11.5 Å². The van der Waals surface area contributed by atoms with E-state index in [0.29, 0.717) is 0 Å². The Morgan fingerprint density at radius 2 is 1.03 bits per heavy atom. The van der Waals surface area contributed by atoms with E-state index in [-0.39, 0.29) is 0 Å². The zero-order valence-corrected chi connectivity index (χ0v) is 18.5. The van der Waals surface area contributed by atoms with E-state index in [4.69, 9.17) is 15.2 Å². The minimum absolute atomic E-state index is 0.751. The summed E-state index contributed by atoms with van der Waals surface area (Å²) in [6.07, 6.45) is 8.15. The van der Waals surface area contributed by atoms with E-state index in [1.807, 2.05) is 68.5 Å². The predicted octanol–water partition coefficient (Wildman–Crippen LogP) is 6.96. The molecule has 0 heterocycles. The molecule has 2 N–H and O–H groups in total. The van der Waals surface area contributed by atoms with E-state index >= 15 is 0 Å². The second kappa shape index (κ2) is 11.5. The van der Waals surface area contributed by atoms with Crippen LogP contribution in [0.4, 0.5) is 5.69 Å². The molecule has 3 heteroatoms. The third-order valence-electron chi connectivity index (χ3n) is 4.51. The van der Waals surface area contributed by atoms with E-state index in [9.17, 15) is 0 Å². The minimum atomic E-state index is 0.751. The average Bonchev–Trinajstić information content (AvgIpc) is 2.79. The van der Waals surface area contributed by atoms with Crippen LogP contribution in [0.2, 0.25) is 0 Å². The van der Waals surface area contributed by atoms with E-state index in [0.717, 1.165) is 39.4 Å². The Morgan fingerprint density at radius 1 is 0.633 bits per heavy atom. The Balaban J connectivity index is 0.00000155. The first-order valence-electron chi connectivity index (χ1n) is 10.1. The summed E-state index contributed by atoms with van der Waals surface area (Å²) in [5, 5.41) is 0. The van der Waals surface area contributed by atoms with Gasteiger partial charge in [-0.05, 0) is 42.3 Å². The zero-order chi connectivity index (χ0) is 21.9. The van der Waals surface area contributed by atoms with Crippen LogP contribution in [0.1, 0.15) is 41.7 Å². The molecular weight excluding hydrogens is 370 g/mol. The van der Waals surface area contributed by atoms with Gasteiger partial charge in [-0.25, -0.2) is 0 Å². The molecule has 3 nitrogen and oxygen atoms in total. The molecule has 0 fully saturated rings. The van der Waals surface area contributed by atoms with Gasteiger partial charge in [-0.2, -0.15) is 0 Å². The molecule has 0 bridgehead atoms. The second-order valence-electron chi connectivity index (χ2n) is 6.58. The molecule has 0 spiro atoms. The summed E-state index contributed by atoms with van der Waals surface area (Å²) < 4.78 is 11.2. The van der Waals surface area contributed by atoms with Gasteiger partial charge in [-0.3, -0.25) is 0 Å². The van der Waals surface area contributed by atoms with Crippen molar-refractivity contribution in [1.29, 1.82) is 0 Å². The number of nitrogen functional groups attached to an aromatic ring is 1. The summed E-state index contributed by atoms with van der Waals surface area (Å²) in [7, 11) is 3.36. The van der Waals surface area contributed by atoms with Gasteiger partial charge in [0.25, 0.3) is 0 Å². The van der Waals surface area contributed by atoms with Gasteiger partial charge in [0.15, 0.2) is 0 Å². The van der Waals surface area contributed by atoms with Crippen molar-refractivity contribution in [3.63, 3.8) is 0 Å². The van der Waals surface area contributed by atoms with Gasteiger partial charge in [0, 0.05) is 16.8 Å². The van der Waals surface area contributed by atoms with Gasteiger partial charge < -0.3 is 15.2 Å². The Hall–Kier alpha value is -3.46. The van der Waals surface area contributed by atoms with Crippen molar-refractivity contribution in [3.8, 4) is 11.5 Å². The van der Waals surface area contributed by atoms with E-state index in [1.54, 1.807) is 14.2 Å². The van der Waals surface area contributed by atoms with Crippen LogP contribution >= 0.6 is 0 Å². The number of methoxy groups -OCH3 is 2. The van der Waals surface area contributed by atoms with Crippen LogP contribution in [0.15, 0.2) is 60.7 Å². The van der Waals surface area contributed by atoms with Crippen molar-refractivity contribution in [2.45, 2.75) is 20.8 Å². The maximum Gasteiger partial charge on any atom is 0.126 e. The maximum atomic E-state index is 5.74. The molecule has 0 saturated carbocycles. The molecule has 0 radical (unpaired) electrons. The molecule has 0 amide bonds. The number of benzene rings is 3. The van der Waals surface area contributed by atoms with Crippen LogP contribution in [0.3, 0.4) is 0 Å². The number of aryl methyl sites for hydroxylation is 1. The maximum absolute atomic E-state index is 5.74. The Labute approximate surface area is 180 Å². The van der Waals surface area contributed by atoms with Crippen LogP contribution in [0.25, 0.3) is 24.3 Å². The SMILES string of the molecule is CC.COc1cc(/C=C/c2ccc(N)cc2)c(OC)cc1/C=C/c1ccc(C)cc1. The fourth-order valence-corrected chi connectivity index (χ4v) is 2.86. The fourth-order valence-electron chi connectivity index (χ4n) is 2.86. The van der Waals surface area contributed by atoms with Gasteiger partial charge in [0.05, 0.1) is 14.2 Å². The lowest BCUT2D eigenvalue weighted by atomic mass is 10.0. The number of ether oxygens (including phenoxy) is 2. The molecular formula is C27H31NO2. The summed E-state index contributed by atoms with van der Waals surface area (Å²) in [5.74, 6) is 1.58. The number of nitrogens with two attached hydrogens (primary N) is 1. The van der Waals surface area contributed by atoms with Crippen LogP contribution in [0, 0.1) is 6.92 Å². The lowest BCUT2D eigenvalue weighted by Gasteiger charge is -2.11. The Bertz CT molecular complexity index is 901. The fraction of sp³-hybridized carbons (Fsp3) is 0.185. The van der Waals surface area contributed by atoms with Crippen LogP contribution in [0.5, 0.6) is 11.5 Å². The van der Waals surface area contributed by atoms with Gasteiger partial charge in [0.2, 0.25) is 0 Å². The summed E-state index contributed by atoms with van der Waals surface area (Å²) in [6.45, 7) is 6.08. The highest BCUT2D eigenvalue weighted by molar-refractivity contribution is 5.79. The summed E-state index contributed by atoms with van der Waals surface area (Å²) >= 11 is 0. The highest BCUT2D eigenvalue weighted by atomic mass is 16.5. The standard InChI is InChI=1S/C25H25NO2.C2H6/c1-18-4-6-19(7-5-18)8-12-21-16-25(28-3)22(17-24(21)27-2)13-9-20-10-14-23(26)15-11-20;1-2/h4-17H,26H2,1-3H3;1-2H3/b12-8+,13-9+;. The van der Waals surface area contributed by atoms with Gasteiger partial charge in [-0.1, -0.05) is 80.1 Å². The third kappa shape index (κ3) is 6.28. The summed E-state index contributed by atoms with van der Waals surface area (Å²) in [5.41, 5.74) is 11.9. The van der Waals surface area contributed by atoms with Crippen molar-refractivity contribution in [3.05, 3.63) is 88.5 Å². The van der Waals surface area contributed by atoms with Crippen molar-refractivity contribution in [2.75, 3.05) is 20.0 Å². The minimum Gasteiger partial charge on any atom is -0.496 e. The molecule has 0 aliphatic rings. The number of anilines is 1. The molecule has 0 unspecified atom stereocenters. The Morgan fingerprint density at radius 3 is 1.43 bits per heavy atom. The van der Waals surface area contributed by atoms with Crippen molar-refractivity contribution in [2.24, 2.45) is 0 Å². The van der Waals surface area contributed by atoms with E-state index in [1.165, 1.54) is 5.56 Å². The van der Waals surface area contributed by atoms with Crippen LogP contribution < -0.4 is 15.2 Å². The van der Waals surface area contributed by atoms with Crippen LogP contribution in [-0.4, -0.2) is 14.2 Å². The second-order valence-corrected chi connectivity index (χ2v) is 6.58. The van der Waals surface area contributed by atoms with Crippen LogP contribution in [-0.2, 0) is 0 Å². The number of hydrogen-bond donors (Lipinski definition) is 1. The van der Waals surface area contributed by atoms with Gasteiger partial charge in [-0.15, -0.1) is 0 Å². The monoisotopic (exact) mass is 401 g/mol. The van der Waals surface area contributed by atoms with Crippen molar-refractivity contribution < 1.29 is 9.47 Å². The molecule has 3 aromatic rings. The normalized spacial score (nSPS) is 10.7. The molecule has 0 aliphatic heterocycles. The molecule has 0 saturated heterocycles. The first kappa shape index (κ1) is 22.8. The highest BCUT2D eigenvalue weighted by Crippen LogP contribution is 2.31. The average molecular weight is 402 g/mol. The van der Waals surface area contributed by atoms with E-state index in [2.05, 4.69) is 37.3 Å².